The van der Waals surface area contributed by atoms with Gasteiger partial charge in [0.15, 0.2) is 5.69 Å². The van der Waals surface area contributed by atoms with Gasteiger partial charge < -0.3 is 15.6 Å². The van der Waals surface area contributed by atoms with Crippen LogP contribution in [0.2, 0.25) is 0 Å². The standard InChI is InChI=1S/C16H20N4O2S/c1-10(2)20-16(22)14-13(18-9-19-14)15(21)17-8-11-4-6-12(23-3)7-5-11/h4-7,9-10H,8H2,1-3H3,(H,17,21)(H,18,19)(H,20,22). The molecular weight excluding hydrogens is 312 g/mol. The number of carbonyl (C=O) groups excluding carboxylic acids is 2. The summed E-state index contributed by atoms with van der Waals surface area (Å²) in [5, 5.41) is 5.51. The van der Waals surface area contributed by atoms with Crippen LogP contribution < -0.4 is 10.6 Å². The van der Waals surface area contributed by atoms with E-state index in [2.05, 4.69) is 20.6 Å². The zero-order chi connectivity index (χ0) is 16.8. The Labute approximate surface area is 139 Å². The summed E-state index contributed by atoms with van der Waals surface area (Å²) in [4.78, 5) is 32.1. The zero-order valence-electron chi connectivity index (χ0n) is 13.3. The molecule has 0 spiro atoms. The van der Waals surface area contributed by atoms with Crippen LogP contribution in [-0.2, 0) is 6.54 Å². The summed E-state index contributed by atoms with van der Waals surface area (Å²) in [5.41, 5.74) is 1.27. The molecule has 0 bridgehead atoms. The summed E-state index contributed by atoms with van der Waals surface area (Å²) in [7, 11) is 0. The maximum absolute atomic E-state index is 12.2. The van der Waals surface area contributed by atoms with E-state index in [1.165, 1.54) is 11.2 Å². The van der Waals surface area contributed by atoms with Gasteiger partial charge in [0.25, 0.3) is 11.8 Å². The predicted molar refractivity (Wildman–Crippen MR) is 90.6 cm³/mol. The molecule has 0 aliphatic heterocycles. The summed E-state index contributed by atoms with van der Waals surface area (Å²) < 4.78 is 0. The van der Waals surface area contributed by atoms with E-state index in [0.717, 1.165) is 5.56 Å². The summed E-state index contributed by atoms with van der Waals surface area (Å²) in [6.45, 7) is 4.09. The van der Waals surface area contributed by atoms with Crippen molar-refractivity contribution >= 4 is 23.6 Å². The fourth-order valence-corrected chi connectivity index (χ4v) is 2.39. The van der Waals surface area contributed by atoms with Gasteiger partial charge >= 0.3 is 0 Å². The van der Waals surface area contributed by atoms with Crippen molar-refractivity contribution in [2.24, 2.45) is 0 Å². The smallest absolute Gasteiger partial charge is 0.272 e. The first-order chi connectivity index (χ1) is 11.0. The molecule has 0 saturated heterocycles. The van der Waals surface area contributed by atoms with Gasteiger partial charge in [0.1, 0.15) is 5.69 Å². The number of hydrogen-bond donors (Lipinski definition) is 3. The predicted octanol–water partition coefficient (Wildman–Crippen LogP) is 2.20. The Morgan fingerprint density at radius 3 is 2.52 bits per heavy atom. The Morgan fingerprint density at radius 2 is 1.91 bits per heavy atom. The van der Waals surface area contributed by atoms with Crippen molar-refractivity contribution in [3.05, 3.63) is 47.5 Å². The molecule has 1 aromatic carbocycles. The van der Waals surface area contributed by atoms with Crippen molar-refractivity contribution in [2.45, 2.75) is 31.3 Å². The van der Waals surface area contributed by atoms with Gasteiger partial charge in [-0.3, -0.25) is 9.59 Å². The molecule has 0 saturated carbocycles. The highest BCUT2D eigenvalue weighted by atomic mass is 32.2. The van der Waals surface area contributed by atoms with Gasteiger partial charge in [0, 0.05) is 17.5 Å². The lowest BCUT2D eigenvalue weighted by atomic mass is 10.2. The minimum absolute atomic E-state index is 0.0231. The molecule has 1 heterocycles. The number of imidazole rings is 1. The number of benzene rings is 1. The minimum Gasteiger partial charge on any atom is -0.348 e. The van der Waals surface area contributed by atoms with Crippen molar-refractivity contribution in [3.8, 4) is 0 Å². The lowest BCUT2D eigenvalue weighted by Gasteiger charge is -2.08. The molecule has 0 aliphatic rings. The maximum Gasteiger partial charge on any atom is 0.272 e. The van der Waals surface area contributed by atoms with Gasteiger partial charge in [0.2, 0.25) is 0 Å². The van der Waals surface area contributed by atoms with Gasteiger partial charge in [-0.05, 0) is 37.8 Å². The van der Waals surface area contributed by atoms with Gasteiger partial charge in [-0.25, -0.2) is 4.98 Å². The van der Waals surface area contributed by atoms with E-state index < -0.39 is 0 Å². The number of amides is 2. The van der Waals surface area contributed by atoms with Crippen LogP contribution >= 0.6 is 11.8 Å². The first-order valence-corrected chi connectivity index (χ1v) is 8.49. The molecule has 0 unspecified atom stereocenters. The molecule has 0 radical (unpaired) electrons. The third kappa shape index (κ3) is 4.59. The molecule has 7 heteroatoms. The molecule has 2 rings (SSSR count). The van der Waals surface area contributed by atoms with E-state index in [0.29, 0.717) is 6.54 Å². The molecule has 0 atom stereocenters. The number of carbonyl (C=O) groups is 2. The summed E-state index contributed by atoms with van der Waals surface area (Å²) in [6, 6.07) is 7.91. The number of aromatic amines is 1. The van der Waals surface area contributed by atoms with Crippen LogP contribution in [-0.4, -0.2) is 34.1 Å². The molecule has 1 aromatic heterocycles. The second-order valence-corrected chi connectivity index (χ2v) is 6.16. The van der Waals surface area contributed by atoms with E-state index in [1.807, 2.05) is 44.4 Å². The average molecular weight is 332 g/mol. The first-order valence-electron chi connectivity index (χ1n) is 7.26. The molecule has 2 aromatic rings. The molecule has 23 heavy (non-hydrogen) atoms. The fourth-order valence-electron chi connectivity index (χ4n) is 1.98. The summed E-state index contributed by atoms with van der Waals surface area (Å²) >= 11 is 1.66. The molecule has 3 N–H and O–H groups in total. The molecule has 0 fully saturated rings. The van der Waals surface area contributed by atoms with Crippen molar-refractivity contribution in [2.75, 3.05) is 6.26 Å². The molecule has 0 aliphatic carbocycles. The van der Waals surface area contributed by atoms with Crippen molar-refractivity contribution < 1.29 is 9.59 Å². The van der Waals surface area contributed by atoms with Crippen LogP contribution in [0.1, 0.15) is 40.4 Å². The highest BCUT2D eigenvalue weighted by molar-refractivity contribution is 7.98. The monoisotopic (exact) mass is 332 g/mol. The van der Waals surface area contributed by atoms with Gasteiger partial charge in [0.05, 0.1) is 6.33 Å². The van der Waals surface area contributed by atoms with E-state index in [9.17, 15) is 9.59 Å². The Bertz CT molecular complexity index is 680. The van der Waals surface area contributed by atoms with Crippen molar-refractivity contribution in [1.29, 1.82) is 0 Å². The van der Waals surface area contributed by atoms with Gasteiger partial charge in [-0.15, -0.1) is 11.8 Å². The van der Waals surface area contributed by atoms with E-state index in [-0.39, 0.29) is 29.2 Å². The van der Waals surface area contributed by atoms with E-state index in [4.69, 9.17) is 0 Å². The van der Waals surface area contributed by atoms with Gasteiger partial charge in [-0.2, -0.15) is 0 Å². The maximum atomic E-state index is 12.2. The molecule has 2 amide bonds. The van der Waals surface area contributed by atoms with Crippen molar-refractivity contribution in [1.82, 2.24) is 20.6 Å². The second-order valence-electron chi connectivity index (χ2n) is 5.29. The summed E-state index contributed by atoms with van der Waals surface area (Å²) in [5.74, 6) is -0.721. The van der Waals surface area contributed by atoms with Crippen LogP contribution in [0, 0.1) is 0 Å². The number of thioether (sulfide) groups is 1. The number of hydrogen-bond acceptors (Lipinski definition) is 4. The van der Waals surface area contributed by atoms with Crippen LogP contribution in [0.15, 0.2) is 35.5 Å². The topological polar surface area (TPSA) is 86.9 Å². The van der Waals surface area contributed by atoms with Crippen LogP contribution in [0.5, 0.6) is 0 Å². The molecule has 122 valence electrons. The average Bonchev–Trinajstić information content (AvgIpc) is 3.02. The van der Waals surface area contributed by atoms with E-state index >= 15 is 0 Å². The number of rotatable bonds is 6. The van der Waals surface area contributed by atoms with Crippen LogP contribution in [0.3, 0.4) is 0 Å². The van der Waals surface area contributed by atoms with Crippen LogP contribution in [0.25, 0.3) is 0 Å². The second kappa shape index (κ2) is 7.82. The highest BCUT2D eigenvalue weighted by Gasteiger charge is 2.20. The lowest BCUT2D eigenvalue weighted by molar-refractivity contribution is 0.0907. The minimum atomic E-state index is -0.365. The third-order valence-corrected chi connectivity index (χ3v) is 3.86. The normalized spacial score (nSPS) is 10.6. The Morgan fingerprint density at radius 1 is 1.22 bits per heavy atom. The lowest BCUT2D eigenvalue weighted by Crippen LogP contribution is -2.33. The third-order valence-electron chi connectivity index (χ3n) is 3.11. The van der Waals surface area contributed by atoms with Crippen molar-refractivity contribution in [3.63, 3.8) is 0 Å². The summed E-state index contributed by atoms with van der Waals surface area (Å²) in [6.07, 6.45) is 3.36. The molecular formula is C16H20N4O2S. The fraction of sp³-hybridized carbons (Fsp3) is 0.312. The number of nitrogens with one attached hydrogen (secondary N) is 3. The Balaban J connectivity index is 2.00. The SMILES string of the molecule is CSc1ccc(CNC(=O)c2[nH]cnc2C(=O)NC(C)C)cc1. The largest absolute Gasteiger partial charge is 0.348 e. The zero-order valence-corrected chi connectivity index (χ0v) is 14.2. The number of aromatic nitrogens is 2. The van der Waals surface area contributed by atoms with Gasteiger partial charge in [-0.1, -0.05) is 12.1 Å². The quantitative estimate of drug-likeness (QED) is 0.708. The van der Waals surface area contributed by atoms with E-state index in [1.54, 1.807) is 11.8 Å². The first kappa shape index (κ1) is 17.1. The van der Waals surface area contributed by atoms with Crippen LogP contribution in [0.4, 0.5) is 0 Å². The Kier molecular flexibility index (Phi) is 5.81. The number of H-pyrrole nitrogens is 1. The molecule has 6 nitrogen and oxygen atoms in total. The number of nitrogens with zero attached hydrogens (tertiary/aromatic N) is 1. The highest BCUT2D eigenvalue weighted by Crippen LogP contribution is 2.14. The Hall–Kier alpha value is -2.28.